The van der Waals surface area contributed by atoms with E-state index in [9.17, 15) is 4.79 Å². The lowest BCUT2D eigenvalue weighted by atomic mass is 10.2. The van der Waals surface area contributed by atoms with E-state index in [0.29, 0.717) is 13.1 Å². The Kier molecular flexibility index (Phi) is 5.38. The normalized spacial score (nSPS) is 12.1. The van der Waals surface area contributed by atoms with Gasteiger partial charge in [-0.1, -0.05) is 0 Å². The third-order valence-corrected chi connectivity index (χ3v) is 2.12. The zero-order chi connectivity index (χ0) is 11.8. The first kappa shape index (κ1) is 12.5. The average molecular weight is 224 g/mol. The highest BCUT2D eigenvalue weighted by Crippen LogP contribution is 1.96. The van der Waals surface area contributed by atoms with Crippen LogP contribution in [0.15, 0.2) is 18.6 Å². The maximum Gasteiger partial charge on any atom is 0.222 e. The standard InChI is InChI=1S/C10H16N4O2/c1-16-9(5-11)4-10(15)13-6-8-2-3-12-7-14-8/h2-3,7,9H,4-6,11H2,1H3,(H,13,15). The molecule has 0 aliphatic carbocycles. The van der Waals surface area contributed by atoms with Gasteiger partial charge >= 0.3 is 0 Å². The molecule has 1 aromatic rings. The number of nitrogens with one attached hydrogen (secondary N) is 1. The number of amides is 1. The van der Waals surface area contributed by atoms with Gasteiger partial charge in [0.25, 0.3) is 0 Å². The van der Waals surface area contributed by atoms with Crippen molar-refractivity contribution in [1.82, 2.24) is 15.3 Å². The second-order valence-electron chi connectivity index (χ2n) is 3.27. The van der Waals surface area contributed by atoms with Crippen molar-refractivity contribution in [3.05, 3.63) is 24.3 Å². The molecule has 16 heavy (non-hydrogen) atoms. The molecule has 0 fully saturated rings. The molecule has 0 spiro atoms. The fraction of sp³-hybridized carbons (Fsp3) is 0.500. The van der Waals surface area contributed by atoms with Crippen molar-refractivity contribution in [2.24, 2.45) is 5.73 Å². The van der Waals surface area contributed by atoms with Crippen LogP contribution < -0.4 is 11.1 Å². The van der Waals surface area contributed by atoms with E-state index in [0.717, 1.165) is 5.69 Å². The van der Waals surface area contributed by atoms with E-state index in [1.54, 1.807) is 12.3 Å². The van der Waals surface area contributed by atoms with E-state index in [2.05, 4.69) is 15.3 Å². The second kappa shape index (κ2) is 6.86. The van der Waals surface area contributed by atoms with Gasteiger partial charge < -0.3 is 15.8 Å². The molecule has 3 N–H and O–H groups in total. The van der Waals surface area contributed by atoms with Crippen molar-refractivity contribution in [3.63, 3.8) is 0 Å². The van der Waals surface area contributed by atoms with Crippen LogP contribution in [0, 0.1) is 0 Å². The van der Waals surface area contributed by atoms with Crippen LogP contribution in [0.5, 0.6) is 0 Å². The first-order valence-electron chi connectivity index (χ1n) is 5.00. The topological polar surface area (TPSA) is 90.1 Å². The van der Waals surface area contributed by atoms with Crippen molar-refractivity contribution in [2.45, 2.75) is 19.1 Å². The number of ether oxygens (including phenoxy) is 1. The molecule has 0 aromatic carbocycles. The highest BCUT2D eigenvalue weighted by molar-refractivity contribution is 5.76. The molecule has 88 valence electrons. The summed E-state index contributed by atoms with van der Waals surface area (Å²) in [6.07, 6.45) is 3.11. The summed E-state index contributed by atoms with van der Waals surface area (Å²) < 4.78 is 5.01. The molecule has 0 aliphatic rings. The molecular formula is C10H16N4O2. The number of nitrogens with zero attached hydrogens (tertiary/aromatic N) is 2. The molecule has 1 atom stereocenters. The Morgan fingerprint density at radius 1 is 1.69 bits per heavy atom. The maximum atomic E-state index is 11.5. The van der Waals surface area contributed by atoms with Crippen LogP contribution in [-0.4, -0.2) is 35.6 Å². The van der Waals surface area contributed by atoms with Gasteiger partial charge in [0.05, 0.1) is 24.8 Å². The smallest absolute Gasteiger partial charge is 0.222 e. The molecular weight excluding hydrogens is 208 g/mol. The van der Waals surface area contributed by atoms with E-state index in [4.69, 9.17) is 10.5 Å². The molecule has 6 heteroatoms. The van der Waals surface area contributed by atoms with Crippen molar-refractivity contribution < 1.29 is 9.53 Å². The summed E-state index contributed by atoms with van der Waals surface area (Å²) in [5.74, 6) is -0.101. The van der Waals surface area contributed by atoms with E-state index in [1.165, 1.54) is 13.4 Å². The average Bonchev–Trinajstić information content (AvgIpc) is 2.34. The monoisotopic (exact) mass is 224 g/mol. The quantitative estimate of drug-likeness (QED) is 0.677. The number of hydrogen-bond acceptors (Lipinski definition) is 5. The van der Waals surface area contributed by atoms with Crippen LogP contribution in [0.2, 0.25) is 0 Å². The first-order valence-corrected chi connectivity index (χ1v) is 5.00. The Balaban J connectivity index is 2.30. The number of hydrogen-bond donors (Lipinski definition) is 2. The zero-order valence-corrected chi connectivity index (χ0v) is 9.22. The zero-order valence-electron chi connectivity index (χ0n) is 9.22. The summed E-state index contributed by atoms with van der Waals surface area (Å²) in [7, 11) is 1.54. The molecule has 0 saturated heterocycles. The van der Waals surface area contributed by atoms with Gasteiger partial charge in [0, 0.05) is 19.9 Å². The van der Waals surface area contributed by atoms with Gasteiger partial charge in [0.2, 0.25) is 5.91 Å². The molecule has 1 aromatic heterocycles. The van der Waals surface area contributed by atoms with Gasteiger partial charge in [0.15, 0.2) is 0 Å². The fourth-order valence-electron chi connectivity index (χ4n) is 1.15. The molecule has 1 heterocycles. The second-order valence-corrected chi connectivity index (χ2v) is 3.27. The van der Waals surface area contributed by atoms with Crippen molar-refractivity contribution in [2.75, 3.05) is 13.7 Å². The fourth-order valence-corrected chi connectivity index (χ4v) is 1.15. The Morgan fingerprint density at radius 3 is 3.06 bits per heavy atom. The summed E-state index contributed by atoms with van der Waals surface area (Å²) in [5, 5.41) is 2.73. The SMILES string of the molecule is COC(CN)CC(=O)NCc1ccncn1. The molecule has 0 radical (unpaired) electrons. The van der Waals surface area contributed by atoms with Gasteiger partial charge in [-0.25, -0.2) is 9.97 Å². The highest BCUT2D eigenvalue weighted by Gasteiger charge is 2.10. The summed E-state index contributed by atoms with van der Waals surface area (Å²) in [4.78, 5) is 19.2. The number of aromatic nitrogens is 2. The third-order valence-electron chi connectivity index (χ3n) is 2.12. The number of carbonyl (C=O) groups excluding carboxylic acids is 1. The minimum Gasteiger partial charge on any atom is -0.380 e. The maximum absolute atomic E-state index is 11.5. The highest BCUT2D eigenvalue weighted by atomic mass is 16.5. The molecule has 0 saturated carbocycles. The predicted octanol–water partition coefficient (Wildman–Crippen LogP) is -0.543. The van der Waals surface area contributed by atoms with Gasteiger partial charge in [-0.3, -0.25) is 4.79 Å². The van der Waals surface area contributed by atoms with E-state index < -0.39 is 0 Å². The van der Waals surface area contributed by atoms with Crippen molar-refractivity contribution in [1.29, 1.82) is 0 Å². The molecule has 1 unspecified atom stereocenters. The van der Waals surface area contributed by atoms with Gasteiger partial charge in [0.1, 0.15) is 6.33 Å². The van der Waals surface area contributed by atoms with E-state index in [-0.39, 0.29) is 18.4 Å². The molecule has 1 amide bonds. The number of carbonyl (C=O) groups is 1. The Morgan fingerprint density at radius 2 is 2.50 bits per heavy atom. The van der Waals surface area contributed by atoms with Crippen molar-refractivity contribution in [3.8, 4) is 0 Å². The van der Waals surface area contributed by atoms with E-state index in [1.807, 2.05) is 0 Å². The number of methoxy groups -OCH3 is 1. The number of nitrogens with two attached hydrogens (primary N) is 1. The summed E-state index contributed by atoms with van der Waals surface area (Å²) in [6.45, 7) is 0.722. The third kappa shape index (κ3) is 4.33. The Bertz CT molecular complexity index is 314. The molecule has 0 aliphatic heterocycles. The van der Waals surface area contributed by atoms with Crippen molar-refractivity contribution >= 4 is 5.91 Å². The number of rotatable bonds is 6. The lowest BCUT2D eigenvalue weighted by molar-refractivity contribution is -0.123. The predicted molar refractivity (Wildman–Crippen MR) is 58.3 cm³/mol. The van der Waals surface area contributed by atoms with Crippen LogP contribution in [0.3, 0.4) is 0 Å². The van der Waals surface area contributed by atoms with Crippen LogP contribution in [0.4, 0.5) is 0 Å². The van der Waals surface area contributed by atoms with Gasteiger partial charge in [-0.15, -0.1) is 0 Å². The summed E-state index contributed by atoms with van der Waals surface area (Å²) in [6, 6.07) is 1.75. The lowest BCUT2D eigenvalue weighted by Gasteiger charge is -2.12. The molecule has 1 rings (SSSR count). The molecule has 0 bridgehead atoms. The van der Waals surface area contributed by atoms with Gasteiger partial charge in [-0.2, -0.15) is 0 Å². The molecule has 6 nitrogen and oxygen atoms in total. The summed E-state index contributed by atoms with van der Waals surface area (Å²) in [5.41, 5.74) is 6.18. The Hall–Kier alpha value is -1.53. The van der Waals surface area contributed by atoms with Crippen LogP contribution in [0.25, 0.3) is 0 Å². The van der Waals surface area contributed by atoms with Crippen LogP contribution >= 0.6 is 0 Å². The lowest BCUT2D eigenvalue weighted by Crippen LogP contribution is -2.32. The largest absolute Gasteiger partial charge is 0.380 e. The minimum atomic E-state index is -0.231. The van der Waals surface area contributed by atoms with Gasteiger partial charge in [-0.05, 0) is 6.07 Å². The Labute approximate surface area is 94.2 Å². The first-order chi connectivity index (χ1) is 7.76. The van der Waals surface area contributed by atoms with E-state index >= 15 is 0 Å². The summed E-state index contributed by atoms with van der Waals surface area (Å²) >= 11 is 0. The van der Waals surface area contributed by atoms with Crippen LogP contribution in [0.1, 0.15) is 12.1 Å². The van der Waals surface area contributed by atoms with Crippen LogP contribution in [-0.2, 0) is 16.1 Å². The minimum absolute atomic E-state index is 0.101.